The molecule has 0 aliphatic rings. The average Bonchev–Trinajstić information content (AvgIpc) is 0.811. The first-order chi connectivity index (χ1) is 1.73. The fourth-order valence-corrected chi connectivity index (χ4v) is 0. The second-order valence-corrected chi connectivity index (χ2v) is 6.84. The zero-order valence-corrected chi connectivity index (χ0v) is 5.77. The molecule has 0 radical (unpaired) electrons. The molecule has 0 atom stereocenters. The van der Waals surface area contributed by atoms with Crippen LogP contribution >= 0.6 is 19.1 Å². The van der Waals surface area contributed by atoms with Crippen molar-refractivity contribution in [2.75, 3.05) is 0 Å². The van der Waals surface area contributed by atoms with E-state index >= 15 is 0 Å². The van der Waals surface area contributed by atoms with Crippen LogP contribution in [0.2, 0.25) is 0 Å². The first kappa shape index (κ1) is 5.04. The van der Waals surface area contributed by atoms with Crippen molar-refractivity contribution in [1.29, 1.82) is 0 Å². The van der Waals surface area contributed by atoms with Gasteiger partial charge in [0.25, 0.3) is 0 Å². The van der Waals surface area contributed by atoms with E-state index in [1.807, 2.05) is 0 Å². The molecule has 0 heterocycles. The predicted molar refractivity (Wildman–Crippen MR) is 12.4 cm³/mol. The molecule has 0 aliphatic carbocycles. The van der Waals surface area contributed by atoms with Gasteiger partial charge in [0.05, 0.1) is 0 Å². The van der Waals surface area contributed by atoms with E-state index in [2.05, 4.69) is 19.1 Å². The fraction of sp³-hybridized carbons (Fsp3) is 0. The van der Waals surface area contributed by atoms with Crippen LogP contribution in [-0.2, 0) is 18.1 Å². The quantitative estimate of drug-likeness (QED) is 0.649. The standard InChI is InChI=1S/2ClH.O.Re/h2*1H;;/q;;;+2/p-2. The molecule has 0 bridgehead atoms. The Kier molecular flexibility index (Phi) is 2.89. The molecule has 0 spiro atoms. The number of hydrogen-bond donors (Lipinski definition) is 0. The van der Waals surface area contributed by atoms with Crippen LogP contribution in [0.4, 0.5) is 0 Å². The Morgan fingerprint density at radius 1 is 1.50 bits per heavy atom. The monoisotopic (exact) mass is 273 g/mol. The SMILES string of the molecule is [O]=[Re]([Cl])[Cl]. The molecule has 0 amide bonds. The normalized spacial score (nSPS) is 8.75. The van der Waals surface area contributed by atoms with Gasteiger partial charge >= 0.3 is 37.2 Å². The third-order valence-electron chi connectivity index (χ3n) is 0. The Balaban J connectivity index is 2.80. The summed E-state index contributed by atoms with van der Waals surface area (Å²) >= 11 is -2.77. The number of rotatable bonds is 0. The van der Waals surface area contributed by atoms with Crippen molar-refractivity contribution in [3.05, 3.63) is 0 Å². The van der Waals surface area contributed by atoms with Crippen LogP contribution in [0.25, 0.3) is 0 Å². The second-order valence-electron chi connectivity index (χ2n) is 0.171. The topological polar surface area (TPSA) is 17.1 Å². The van der Waals surface area contributed by atoms with Gasteiger partial charge in [-0.3, -0.25) is 0 Å². The molecule has 0 N–H and O–H groups in total. The van der Waals surface area contributed by atoms with E-state index in [0.29, 0.717) is 0 Å². The van der Waals surface area contributed by atoms with E-state index in [4.69, 9.17) is 0 Å². The molecule has 0 unspecified atom stereocenters. The summed E-state index contributed by atoms with van der Waals surface area (Å²) in [6.07, 6.45) is 0. The fourth-order valence-electron chi connectivity index (χ4n) is 0. The molecule has 4 heavy (non-hydrogen) atoms. The summed E-state index contributed by atoms with van der Waals surface area (Å²) in [5.41, 5.74) is 0. The van der Waals surface area contributed by atoms with E-state index in [1.54, 1.807) is 0 Å². The van der Waals surface area contributed by atoms with Crippen LogP contribution in [0.15, 0.2) is 0 Å². The van der Waals surface area contributed by atoms with Gasteiger partial charge in [-0.05, 0) is 0 Å². The molecule has 0 aromatic heterocycles. The summed E-state index contributed by atoms with van der Waals surface area (Å²) in [6, 6.07) is 0. The minimum atomic E-state index is -2.77. The molecule has 27 valence electrons. The van der Waals surface area contributed by atoms with Crippen LogP contribution in [0.1, 0.15) is 0 Å². The third-order valence-corrected chi connectivity index (χ3v) is 0. The van der Waals surface area contributed by atoms with Crippen LogP contribution in [0.3, 0.4) is 0 Å². The molecule has 0 saturated carbocycles. The summed E-state index contributed by atoms with van der Waals surface area (Å²) in [4.78, 5) is 0. The van der Waals surface area contributed by atoms with Crippen LogP contribution in [0.5, 0.6) is 0 Å². The van der Waals surface area contributed by atoms with E-state index in [1.165, 1.54) is 0 Å². The van der Waals surface area contributed by atoms with Gasteiger partial charge in [0.1, 0.15) is 0 Å². The Hall–Kier alpha value is 1.04. The zero-order chi connectivity index (χ0) is 3.58. The molecule has 1 nitrogen and oxygen atoms in total. The van der Waals surface area contributed by atoms with Crippen molar-refractivity contribution in [3.8, 4) is 0 Å². The van der Waals surface area contributed by atoms with Crippen molar-refractivity contribution < 1.29 is 18.1 Å². The van der Waals surface area contributed by atoms with Gasteiger partial charge in [0.15, 0.2) is 0 Å². The zero-order valence-electron chi connectivity index (χ0n) is 1.54. The maximum absolute atomic E-state index is 9.24. The molecule has 0 saturated heterocycles. The Morgan fingerprint density at radius 3 is 1.50 bits per heavy atom. The molecule has 0 aromatic rings. The molecular formula is Cl2ORe. The summed E-state index contributed by atoms with van der Waals surface area (Å²) in [7, 11) is 9.34. The van der Waals surface area contributed by atoms with Gasteiger partial charge in [-0.15, -0.1) is 0 Å². The molecule has 0 aliphatic heterocycles. The minimum absolute atomic E-state index is 2.77. The first-order valence-electron chi connectivity index (χ1n) is 0.440. The maximum atomic E-state index is 9.24. The van der Waals surface area contributed by atoms with E-state index in [0.717, 1.165) is 0 Å². The van der Waals surface area contributed by atoms with Crippen LogP contribution in [0, 0.1) is 0 Å². The van der Waals surface area contributed by atoms with Crippen molar-refractivity contribution in [2.45, 2.75) is 0 Å². The van der Waals surface area contributed by atoms with Crippen molar-refractivity contribution >= 4 is 19.1 Å². The molecule has 0 aromatic carbocycles. The van der Waals surface area contributed by atoms with Gasteiger partial charge in [-0.1, -0.05) is 0 Å². The number of halogens is 2. The van der Waals surface area contributed by atoms with Crippen LogP contribution < -0.4 is 0 Å². The van der Waals surface area contributed by atoms with E-state index < -0.39 is 14.7 Å². The van der Waals surface area contributed by atoms with Crippen molar-refractivity contribution in [1.82, 2.24) is 0 Å². The number of hydrogen-bond acceptors (Lipinski definition) is 1. The van der Waals surface area contributed by atoms with E-state index in [-0.39, 0.29) is 0 Å². The van der Waals surface area contributed by atoms with Gasteiger partial charge in [-0.25, -0.2) is 0 Å². The van der Waals surface area contributed by atoms with Crippen molar-refractivity contribution in [2.24, 2.45) is 0 Å². The molecular weight excluding hydrogens is 273 g/mol. The van der Waals surface area contributed by atoms with Gasteiger partial charge < -0.3 is 0 Å². The Labute approximate surface area is 37.4 Å². The summed E-state index contributed by atoms with van der Waals surface area (Å²) in [6.45, 7) is 0. The van der Waals surface area contributed by atoms with Crippen molar-refractivity contribution in [3.63, 3.8) is 0 Å². The second kappa shape index (κ2) is 2.29. The van der Waals surface area contributed by atoms with E-state index in [9.17, 15) is 3.47 Å². The molecule has 0 rings (SSSR count). The first-order valence-corrected chi connectivity index (χ1v) is 8.28. The Bertz CT molecular complexity index is 29.0. The van der Waals surface area contributed by atoms with Crippen LogP contribution in [-0.4, -0.2) is 0 Å². The average molecular weight is 273 g/mol. The third kappa shape index (κ3) is 11.7. The van der Waals surface area contributed by atoms with Gasteiger partial charge in [-0.2, -0.15) is 0 Å². The summed E-state index contributed by atoms with van der Waals surface area (Å²) in [5, 5.41) is 0. The summed E-state index contributed by atoms with van der Waals surface area (Å²) < 4.78 is 9.24. The molecule has 4 heteroatoms. The Morgan fingerprint density at radius 2 is 1.50 bits per heavy atom. The van der Waals surface area contributed by atoms with Gasteiger partial charge in [0.2, 0.25) is 0 Å². The summed E-state index contributed by atoms with van der Waals surface area (Å²) in [5.74, 6) is 0. The predicted octanol–water partition coefficient (Wildman–Crippen LogP) is 1.26. The van der Waals surface area contributed by atoms with Gasteiger partial charge in [0, 0.05) is 0 Å². The molecule has 0 fully saturated rings.